The van der Waals surface area contributed by atoms with Crippen molar-refractivity contribution in [1.29, 1.82) is 0 Å². The van der Waals surface area contributed by atoms with Crippen molar-refractivity contribution in [2.24, 2.45) is 0 Å². The van der Waals surface area contributed by atoms with Gasteiger partial charge in [-0.25, -0.2) is 0 Å². The van der Waals surface area contributed by atoms with Crippen LogP contribution in [0.5, 0.6) is 0 Å². The van der Waals surface area contributed by atoms with Gasteiger partial charge in [0.25, 0.3) is 0 Å². The van der Waals surface area contributed by atoms with Crippen molar-refractivity contribution in [3.8, 4) is 0 Å². The van der Waals surface area contributed by atoms with Gasteiger partial charge in [-0.1, -0.05) is 11.2 Å². The Morgan fingerprint density at radius 2 is 2.31 bits per heavy atom. The number of aromatic nitrogens is 1. The van der Waals surface area contributed by atoms with Crippen molar-refractivity contribution in [2.45, 2.75) is 19.9 Å². The molecule has 0 amide bonds. The van der Waals surface area contributed by atoms with Crippen molar-refractivity contribution in [3.05, 3.63) is 23.8 Å². The molecule has 2 aromatic rings. The summed E-state index contributed by atoms with van der Waals surface area (Å²) >= 11 is 0. The summed E-state index contributed by atoms with van der Waals surface area (Å²) in [5.74, 6) is -0.465. The van der Waals surface area contributed by atoms with Crippen LogP contribution in [0.4, 0.5) is 5.82 Å². The van der Waals surface area contributed by atoms with E-state index in [0.717, 1.165) is 10.9 Å². The van der Waals surface area contributed by atoms with E-state index in [2.05, 4.69) is 10.5 Å². The van der Waals surface area contributed by atoms with Crippen molar-refractivity contribution in [1.82, 2.24) is 5.16 Å². The molecule has 0 radical (unpaired) electrons. The summed E-state index contributed by atoms with van der Waals surface area (Å²) in [4.78, 5) is 10.7. The van der Waals surface area contributed by atoms with Gasteiger partial charge in [-0.2, -0.15) is 0 Å². The topological polar surface area (TPSA) is 75.4 Å². The maximum absolute atomic E-state index is 10.7. The lowest BCUT2D eigenvalue weighted by Gasteiger charge is -2.06. The third kappa shape index (κ3) is 1.84. The average Bonchev–Trinajstić information content (AvgIpc) is 2.60. The number of rotatable bonds is 3. The smallest absolute Gasteiger partial charge is 0.325 e. The molecule has 1 atom stereocenters. The molecular weight excluding hydrogens is 208 g/mol. The van der Waals surface area contributed by atoms with E-state index in [-0.39, 0.29) is 0 Å². The van der Waals surface area contributed by atoms with Gasteiger partial charge in [0, 0.05) is 0 Å². The fraction of sp³-hybridized carbons (Fsp3) is 0.273. The Kier molecular flexibility index (Phi) is 2.52. The van der Waals surface area contributed by atoms with Crippen LogP contribution in [0.2, 0.25) is 0 Å². The highest BCUT2D eigenvalue weighted by Gasteiger charge is 2.15. The molecule has 0 spiro atoms. The molecule has 5 heteroatoms. The van der Waals surface area contributed by atoms with Crippen LogP contribution in [0, 0.1) is 6.92 Å². The number of anilines is 1. The number of hydrogen-bond donors (Lipinski definition) is 2. The number of aliphatic carboxylic acids is 1. The summed E-state index contributed by atoms with van der Waals surface area (Å²) in [6.45, 7) is 3.51. The highest BCUT2D eigenvalue weighted by atomic mass is 16.5. The van der Waals surface area contributed by atoms with Gasteiger partial charge in [0.2, 0.25) is 0 Å². The lowest BCUT2D eigenvalue weighted by atomic mass is 10.2. The number of nitrogens with one attached hydrogen (secondary N) is 1. The second-order valence-electron chi connectivity index (χ2n) is 3.74. The van der Waals surface area contributed by atoms with Gasteiger partial charge >= 0.3 is 5.97 Å². The zero-order valence-corrected chi connectivity index (χ0v) is 9.02. The van der Waals surface area contributed by atoms with Crippen LogP contribution in [-0.4, -0.2) is 22.3 Å². The van der Waals surface area contributed by atoms with Crippen LogP contribution in [0.25, 0.3) is 11.0 Å². The number of carboxylic acids is 1. The minimum absolute atomic E-state index is 0.463. The number of nitrogens with zero attached hydrogens (tertiary/aromatic N) is 1. The Morgan fingerprint density at radius 1 is 1.56 bits per heavy atom. The first-order chi connectivity index (χ1) is 7.58. The standard InChI is InChI=1S/C11H12N2O3/c1-6-3-4-8-9(5-6)16-13-10(8)12-7(2)11(14)15/h3-5,7H,1-2H3,(H,12,13)(H,14,15). The van der Waals surface area contributed by atoms with E-state index in [1.54, 1.807) is 6.92 Å². The molecule has 2 N–H and O–H groups in total. The van der Waals surface area contributed by atoms with Gasteiger partial charge in [0.1, 0.15) is 6.04 Å². The summed E-state index contributed by atoms with van der Waals surface area (Å²) in [5.41, 5.74) is 1.72. The third-order valence-corrected chi connectivity index (χ3v) is 2.35. The molecule has 0 saturated carbocycles. The Labute approximate surface area is 92.0 Å². The van der Waals surface area contributed by atoms with Gasteiger partial charge < -0.3 is 14.9 Å². The fourth-order valence-corrected chi connectivity index (χ4v) is 1.42. The minimum Gasteiger partial charge on any atom is -0.480 e. The second-order valence-corrected chi connectivity index (χ2v) is 3.74. The van der Waals surface area contributed by atoms with E-state index in [0.29, 0.717) is 11.4 Å². The first-order valence-corrected chi connectivity index (χ1v) is 4.93. The van der Waals surface area contributed by atoms with E-state index in [1.165, 1.54) is 0 Å². The molecule has 1 aromatic carbocycles. The Balaban J connectivity index is 2.35. The molecule has 0 aliphatic heterocycles. The zero-order chi connectivity index (χ0) is 11.7. The van der Waals surface area contributed by atoms with E-state index in [4.69, 9.17) is 9.63 Å². The van der Waals surface area contributed by atoms with Gasteiger partial charge in [0.05, 0.1) is 5.39 Å². The van der Waals surface area contributed by atoms with Gasteiger partial charge in [-0.05, 0) is 31.5 Å². The van der Waals surface area contributed by atoms with E-state index in [1.807, 2.05) is 25.1 Å². The molecule has 0 aliphatic rings. The van der Waals surface area contributed by atoms with Crippen molar-refractivity contribution in [2.75, 3.05) is 5.32 Å². The number of aryl methyl sites for hydroxylation is 1. The molecule has 1 aromatic heterocycles. The summed E-state index contributed by atoms with van der Waals surface area (Å²) < 4.78 is 5.11. The maximum atomic E-state index is 10.7. The van der Waals surface area contributed by atoms with Crippen molar-refractivity contribution in [3.63, 3.8) is 0 Å². The van der Waals surface area contributed by atoms with Crippen LogP contribution >= 0.6 is 0 Å². The molecule has 0 saturated heterocycles. The average molecular weight is 220 g/mol. The van der Waals surface area contributed by atoms with Crippen LogP contribution in [-0.2, 0) is 4.79 Å². The number of carboxylic acid groups (broad SMARTS) is 1. The first kappa shape index (κ1) is 10.5. The summed E-state index contributed by atoms with van der Waals surface area (Å²) in [6.07, 6.45) is 0. The predicted molar refractivity (Wildman–Crippen MR) is 59.5 cm³/mol. The predicted octanol–water partition coefficient (Wildman–Crippen LogP) is 2.02. The van der Waals surface area contributed by atoms with E-state index >= 15 is 0 Å². The lowest BCUT2D eigenvalue weighted by Crippen LogP contribution is -2.25. The Hall–Kier alpha value is -2.04. The van der Waals surface area contributed by atoms with Crippen molar-refractivity contribution < 1.29 is 14.4 Å². The van der Waals surface area contributed by atoms with E-state index in [9.17, 15) is 4.79 Å². The number of hydrogen-bond acceptors (Lipinski definition) is 4. The molecule has 16 heavy (non-hydrogen) atoms. The molecule has 1 unspecified atom stereocenters. The minimum atomic E-state index is -0.928. The normalized spacial score (nSPS) is 12.6. The van der Waals surface area contributed by atoms with Crippen LogP contribution in [0.1, 0.15) is 12.5 Å². The molecule has 0 fully saturated rings. The van der Waals surface area contributed by atoms with Gasteiger partial charge in [-0.15, -0.1) is 0 Å². The van der Waals surface area contributed by atoms with Crippen LogP contribution in [0.3, 0.4) is 0 Å². The molecule has 5 nitrogen and oxygen atoms in total. The quantitative estimate of drug-likeness (QED) is 0.827. The molecule has 0 bridgehead atoms. The largest absolute Gasteiger partial charge is 0.480 e. The lowest BCUT2D eigenvalue weighted by molar-refractivity contribution is -0.137. The fourth-order valence-electron chi connectivity index (χ4n) is 1.42. The van der Waals surface area contributed by atoms with Crippen LogP contribution in [0.15, 0.2) is 22.7 Å². The third-order valence-electron chi connectivity index (χ3n) is 2.35. The summed E-state index contributed by atoms with van der Waals surface area (Å²) in [6, 6.07) is 4.95. The zero-order valence-electron chi connectivity index (χ0n) is 9.02. The highest BCUT2D eigenvalue weighted by Crippen LogP contribution is 2.23. The first-order valence-electron chi connectivity index (χ1n) is 4.93. The molecule has 0 aliphatic carbocycles. The molecule has 1 heterocycles. The van der Waals surface area contributed by atoms with Crippen LogP contribution < -0.4 is 5.32 Å². The SMILES string of the molecule is Cc1ccc2c(NC(C)C(=O)O)noc2c1. The highest BCUT2D eigenvalue weighted by molar-refractivity contribution is 5.90. The number of fused-ring (bicyclic) bond motifs is 1. The Bertz CT molecular complexity index is 533. The Morgan fingerprint density at radius 3 is 3.00 bits per heavy atom. The molecule has 2 rings (SSSR count). The summed E-state index contributed by atoms with van der Waals surface area (Å²) in [7, 11) is 0. The van der Waals surface area contributed by atoms with E-state index < -0.39 is 12.0 Å². The maximum Gasteiger partial charge on any atom is 0.325 e. The molecule has 84 valence electrons. The monoisotopic (exact) mass is 220 g/mol. The second kappa shape index (κ2) is 3.84. The molecular formula is C11H12N2O3. The van der Waals surface area contributed by atoms with Crippen molar-refractivity contribution >= 4 is 22.8 Å². The van der Waals surface area contributed by atoms with Gasteiger partial charge in [0.15, 0.2) is 11.4 Å². The number of carbonyl (C=O) groups is 1. The van der Waals surface area contributed by atoms with Gasteiger partial charge in [-0.3, -0.25) is 4.79 Å². The number of benzene rings is 1. The summed E-state index contributed by atoms with van der Waals surface area (Å²) in [5, 5.41) is 16.2.